The number of ether oxygens (including phenoxy) is 7. The fourth-order valence-electron chi connectivity index (χ4n) is 5.88. The minimum atomic E-state index is 0.374. The third kappa shape index (κ3) is 12.3. The van der Waals surface area contributed by atoms with E-state index in [0.29, 0.717) is 98.5 Å². The van der Waals surface area contributed by atoms with E-state index < -0.39 is 0 Å². The molecule has 0 unspecified atom stereocenters. The molecule has 1 aliphatic heterocycles. The van der Waals surface area contributed by atoms with Crippen molar-refractivity contribution in [3.05, 3.63) is 105 Å². The van der Waals surface area contributed by atoms with Gasteiger partial charge >= 0.3 is 0 Å². The van der Waals surface area contributed by atoms with Gasteiger partial charge in [0.15, 0.2) is 12.6 Å². The lowest BCUT2D eigenvalue weighted by Crippen LogP contribution is -2.12. The average Bonchev–Trinajstić information content (AvgIpc) is 3.25. The fourth-order valence-corrected chi connectivity index (χ4v) is 5.88. The second kappa shape index (κ2) is 22.7. The lowest BCUT2D eigenvalue weighted by atomic mass is 10.0. The van der Waals surface area contributed by atoms with Crippen LogP contribution in [0.5, 0.6) is 34.5 Å². The Balaban J connectivity index is 1.42. The standard InChI is InChI=1S/C48H54O9/c1-5-19-52-45-31-41(33-49)47(54-21-7-3)29-39(45)15-11-35-9-13-37-17-18-38-14-10-36(28-44(38)57-26-24-51-23-25-56-43(37)27-35)12-16-40-30-48(55-22-8-4)42(34-50)32-46(40)53-20-6-2/h9-18,27-34H,5-8,19-26H2,1-4H3/b15-11+,16-12+,18-17+. The molecule has 1 heterocycles. The Labute approximate surface area is 336 Å². The summed E-state index contributed by atoms with van der Waals surface area (Å²) in [5.41, 5.74) is 6.22. The van der Waals surface area contributed by atoms with Crippen molar-refractivity contribution < 1.29 is 42.7 Å². The van der Waals surface area contributed by atoms with Crippen molar-refractivity contribution in [2.45, 2.75) is 53.4 Å². The molecule has 0 spiro atoms. The number of benzene rings is 4. The fraction of sp³-hybridized carbons (Fsp3) is 0.333. The van der Waals surface area contributed by atoms with Crippen molar-refractivity contribution in [3.8, 4) is 34.5 Å². The Hall–Kier alpha value is -5.80. The first kappa shape index (κ1) is 42.3. The van der Waals surface area contributed by atoms with Gasteiger partial charge in [-0.05, 0) is 73.2 Å². The van der Waals surface area contributed by atoms with Gasteiger partial charge in [0.25, 0.3) is 0 Å². The summed E-state index contributed by atoms with van der Waals surface area (Å²) in [6, 6.07) is 19.3. The first-order valence-electron chi connectivity index (χ1n) is 19.9. The van der Waals surface area contributed by atoms with E-state index in [9.17, 15) is 9.59 Å². The smallest absolute Gasteiger partial charge is 0.153 e. The Morgan fingerprint density at radius 1 is 0.474 bits per heavy atom. The van der Waals surface area contributed by atoms with Crippen LogP contribution in [0.4, 0.5) is 0 Å². The van der Waals surface area contributed by atoms with Crippen molar-refractivity contribution >= 4 is 49.0 Å². The van der Waals surface area contributed by atoms with Crippen LogP contribution in [0.2, 0.25) is 0 Å². The minimum Gasteiger partial charge on any atom is -0.493 e. The van der Waals surface area contributed by atoms with Crippen LogP contribution in [0.1, 0.15) is 107 Å². The van der Waals surface area contributed by atoms with Gasteiger partial charge in [-0.1, -0.05) is 88.4 Å². The monoisotopic (exact) mass is 774 g/mol. The van der Waals surface area contributed by atoms with E-state index in [1.165, 1.54) is 0 Å². The molecule has 0 saturated heterocycles. The maximum absolute atomic E-state index is 11.8. The largest absolute Gasteiger partial charge is 0.493 e. The zero-order valence-corrected chi connectivity index (χ0v) is 33.6. The molecule has 1 aliphatic rings. The first-order chi connectivity index (χ1) is 28.0. The molecule has 9 heteroatoms. The van der Waals surface area contributed by atoms with E-state index in [-0.39, 0.29) is 0 Å². The number of carbonyl (C=O) groups excluding carboxylic acids is 2. The number of hydrogen-bond donors (Lipinski definition) is 0. The Morgan fingerprint density at radius 2 is 0.842 bits per heavy atom. The molecule has 0 fully saturated rings. The molecule has 4 aromatic carbocycles. The van der Waals surface area contributed by atoms with E-state index in [0.717, 1.165) is 71.6 Å². The number of aldehydes is 2. The van der Waals surface area contributed by atoms with Crippen LogP contribution in [0.25, 0.3) is 36.5 Å². The quantitative estimate of drug-likeness (QED) is 0.0722. The van der Waals surface area contributed by atoms with E-state index in [1.807, 2.05) is 113 Å². The van der Waals surface area contributed by atoms with Crippen molar-refractivity contribution in [2.24, 2.45) is 0 Å². The normalized spacial score (nSPS) is 13.5. The second-order valence-corrected chi connectivity index (χ2v) is 13.4. The SMILES string of the molecule is CCCOc1cc(/C=C/c2ccc3c(c2)OCCOCCOc2cc(/C=C/c4cc(OCCC)c(C=O)cc4OCCC)ccc2/C=C/3)c(OCCC)cc1C=O. The van der Waals surface area contributed by atoms with Gasteiger partial charge in [-0.3, -0.25) is 9.59 Å². The van der Waals surface area contributed by atoms with Gasteiger partial charge in [-0.15, -0.1) is 0 Å². The number of fused-ring (bicyclic) bond motifs is 2. The summed E-state index contributed by atoms with van der Waals surface area (Å²) in [4.78, 5) is 23.7. The molecule has 0 aromatic heterocycles. The highest BCUT2D eigenvalue weighted by Crippen LogP contribution is 2.33. The van der Waals surface area contributed by atoms with Crippen LogP contribution in [0.3, 0.4) is 0 Å². The average molecular weight is 775 g/mol. The van der Waals surface area contributed by atoms with Crippen LogP contribution in [-0.2, 0) is 4.74 Å². The second-order valence-electron chi connectivity index (χ2n) is 13.4. The van der Waals surface area contributed by atoms with Crippen molar-refractivity contribution in [1.82, 2.24) is 0 Å². The summed E-state index contributed by atoms with van der Waals surface area (Å²) in [5, 5.41) is 0. The highest BCUT2D eigenvalue weighted by Gasteiger charge is 2.13. The highest BCUT2D eigenvalue weighted by atomic mass is 16.5. The van der Waals surface area contributed by atoms with E-state index >= 15 is 0 Å². The molecular formula is C48H54O9. The molecule has 57 heavy (non-hydrogen) atoms. The van der Waals surface area contributed by atoms with Crippen molar-refractivity contribution in [1.29, 1.82) is 0 Å². The molecule has 0 saturated carbocycles. The van der Waals surface area contributed by atoms with Crippen LogP contribution in [0, 0.1) is 0 Å². The zero-order chi connectivity index (χ0) is 40.2. The van der Waals surface area contributed by atoms with Gasteiger partial charge in [-0.2, -0.15) is 0 Å². The summed E-state index contributed by atoms with van der Waals surface area (Å²) in [6.07, 6.45) is 16.9. The van der Waals surface area contributed by atoms with Gasteiger partial charge in [-0.25, -0.2) is 0 Å². The third-order valence-electron chi connectivity index (χ3n) is 8.78. The molecule has 300 valence electrons. The number of hydrogen-bond acceptors (Lipinski definition) is 9. The van der Waals surface area contributed by atoms with Crippen LogP contribution in [0.15, 0.2) is 60.7 Å². The molecule has 9 nitrogen and oxygen atoms in total. The van der Waals surface area contributed by atoms with Gasteiger partial charge in [0.05, 0.1) is 50.8 Å². The van der Waals surface area contributed by atoms with Crippen LogP contribution in [-0.4, -0.2) is 65.4 Å². The topological polar surface area (TPSA) is 98.8 Å². The summed E-state index contributed by atoms with van der Waals surface area (Å²) < 4.78 is 42.2. The molecule has 0 atom stereocenters. The van der Waals surface area contributed by atoms with Gasteiger partial charge in [0.2, 0.25) is 0 Å². The molecule has 0 bridgehead atoms. The van der Waals surface area contributed by atoms with Gasteiger partial charge < -0.3 is 33.2 Å². The van der Waals surface area contributed by atoms with Gasteiger partial charge in [0.1, 0.15) is 47.7 Å². The molecule has 0 amide bonds. The maximum atomic E-state index is 11.8. The molecule has 4 aromatic rings. The van der Waals surface area contributed by atoms with Crippen molar-refractivity contribution in [2.75, 3.05) is 52.9 Å². The molecule has 0 radical (unpaired) electrons. The van der Waals surface area contributed by atoms with E-state index in [1.54, 1.807) is 12.1 Å². The Morgan fingerprint density at radius 3 is 1.21 bits per heavy atom. The third-order valence-corrected chi connectivity index (χ3v) is 8.78. The molecular weight excluding hydrogens is 721 g/mol. The minimum absolute atomic E-state index is 0.374. The van der Waals surface area contributed by atoms with Crippen molar-refractivity contribution in [3.63, 3.8) is 0 Å². The first-order valence-corrected chi connectivity index (χ1v) is 19.9. The van der Waals surface area contributed by atoms with Crippen LogP contribution < -0.4 is 28.4 Å². The summed E-state index contributed by atoms with van der Waals surface area (Å²) in [7, 11) is 0. The maximum Gasteiger partial charge on any atom is 0.153 e. The van der Waals surface area contributed by atoms with Crippen LogP contribution >= 0.6 is 0 Å². The molecule has 0 N–H and O–H groups in total. The Kier molecular flexibility index (Phi) is 16.8. The van der Waals surface area contributed by atoms with E-state index in [2.05, 4.69) is 0 Å². The van der Waals surface area contributed by atoms with Gasteiger partial charge in [0, 0.05) is 22.3 Å². The summed E-state index contributed by atoms with van der Waals surface area (Å²) in [5.74, 6) is 3.76. The predicted molar refractivity (Wildman–Crippen MR) is 228 cm³/mol. The molecule has 0 aliphatic carbocycles. The lowest BCUT2D eigenvalue weighted by Gasteiger charge is -2.14. The number of carbonyl (C=O) groups is 2. The lowest BCUT2D eigenvalue weighted by molar-refractivity contribution is 0.0764. The number of rotatable bonds is 18. The predicted octanol–water partition coefficient (Wildman–Crippen LogP) is 10.8. The Bertz CT molecular complexity index is 1880. The zero-order valence-electron chi connectivity index (χ0n) is 33.6. The highest BCUT2D eigenvalue weighted by molar-refractivity contribution is 5.85. The molecule has 5 rings (SSSR count). The summed E-state index contributed by atoms with van der Waals surface area (Å²) in [6.45, 7) is 11.8. The summed E-state index contributed by atoms with van der Waals surface area (Å²) >= 11 is 0. The van der Waals surface area contributed by atoms with E-state index in [4.69, 9.17) is 33.2 Å².